The summed E-state index contributed by atoms with van der Waals surface area (Å²) in [6.45, 7) is 1.73. The van der Waals surface area contributed by atoms with Crippen molar-refractivity contribution in [1.82, 2.24) is 0 Å². The van der Waals surface area contributed by atoms with Gasteiger partial charge in [-0.1, -0.05) is 45.7 Å². The molecule has 0 atom stereocenters. The maximum Gasteiger partial charge on any atom is 0.340 e. The first-order valence-electron chi connectivity index (χ1n) is 7.79. The van der Waals surface area contributed by atoms with Gasteiger partial charge in [-0.25, -0.2) is 4.79 Å². The SMILES string of the molecule is COC(=O)C1=C(C)N(c2cccc(Br)c2)C(=O)/C1=C\c1cccc(Cl)c1. The number of anilines is 1. The van der Waals surface area contributed by atoms with Gasteiger partial charge >= 0.3 is 5.97 Å². The van der Waals surface area contributed by atoms with E-state index in [9.17, 15) is 9.59 Å². The van der Waals surface area contributed by atoms with E-state index in [0.29, 0.717) is 16.4 Å². The molecule has 26 heavy (non-hydrogen) atoms. The van der Waals surface area contributed by atoms with E-state index in [-0.39, 0.29) is 17.1 Å². The van der Waals surface area contributed by atoms with Crippen molar-refractivity contribution in [1.29, 1.82) is 0 Å². The molecule has 0 saturated carbocycles. The molecule has 3 rings (SSSR count). The van der Waals surface area contributed by atoms with Crippen LogP contribution in [-0.2, 0) is 14.3 Å². The number of nitrogens with zero attached hydrogens (tertiary/aromatic N) is 1. The molecule has 6 heteroatoms. The van der Waals surface area contributed by atoms with E-state index in [1.807, 2.05) is 30.3 Å². The number of carbonyl (C=O) groups excluding carboxylic acids is 2. The number of benzene rings is 2. The van der Waals surface area contributed by atoms with E-state index in [2.05, 4.69) is 15.9 Å². The van der Waals surface area contributed by atoms with Crippen molar-refractivity contribution >= 4 is 51.2 Å². The molecular weight excluding hydrogens is 418 g/mol. The van der Waals surface area contributed by atoms with Crippen LogP contribution < -0.4 is 4.90 Å². The Kier molecular flexibility index (Phi) is 5.30. The predicted octanol–water partition coefficient (Wildman–Crippen LogP) is 4.98. The number of amides is 1. The van der Waals surface area contributed by atoms with Crippen molar-refractivity contribution < 1.29 is 14.3 Å². The molecule has 1 aliphatic rings. The molecule has 1 heterocycles. The molecule has 0 radical (unpaired) electrons. The zero-order chi connectivity index (χ0) is 18.8. The van der Waals surface area contributed by atoms with E-state index < -0.39 is 5.97 Å². The molecule has 132 valence electrons. The van der Waals surface area contributed by atoms with Crippen molar-refractivity contribution in [2.75, 3.05) is 12.0 Å². The van der Waals surface area contributed by atoms with E-state index >= 15 is 0 Å². The Balaban J connectivity index is 2.15. The first-order valence-corrected chi connectivity index (χ1v) is 8.96. The van der Waals surface area contributed by atoms with Crippen LogP contribution in [0.2, 0.25) is 5.02 Å². The summed E-state index contributed by atoms with van der Waals surface area (Å²) in [6, 6.07) is 14.4. The lowest BCUT2D eigenvalue weighted by Crippen LogP contribution is -2.24. The highest BCUT2D eigenvalue weighted by molar-refractivity contribution is 9.10. The minimum atomic E-state index is -0.554. The van der Waals surface area contributed by atoms with Crippen LogP contribution in [-0.4, -0.2) is 19.0 Å². The van der Waals surface area contributed by atoms with Crippen LogP contribution in [0.15, 0.2) is 69.8 Å². The molecule has 0 aliphatic carbocycles. The molecular formula is C20H15BrClNO3. The van der Waals surface area contributed by atoms with Crippen LogP contribution in [0.3, 0.4) is 0 Å². The number of esters is 1. The molecule has 0 aromatic heterocycles. The predicted molar refractivity (Wildman–Crippen MR) is 106 cm³/mol. The molecule has 0 spiro atoms. The average Bonchev–Trinajstić information content (AvgIpc) is 2.84. The molecule has 1 aliphatic heterocycles. The van der Waals surface area contributed by atoms with Crippen LogP contribution >= 0.6 is 27.5 Å². The van der Waals surface area contributed by atoms with Gasteiger partial charge in [-0.05, 0) is 48.9 Å². The van der Waals surface area contributed by atoms with Crippen LogP contribution in [0.5, 0.6) is 0 Å². The van der Waals surface area contributed by atoms with E-state index in [1.54, 1.807) is 31.2 Å². The minimum absolute atomic E-state index is 0.248. The van der Waals surface area contributed by atoms with Crippen LogP contribution in [0, 0.1) is 0 Å². The Morgan fingerprint density at radius 2 is 1.92 bits per heavy atom. The Morgan fingerprint density at radius 1 is 1.19 bits per heavy atom. The lowest BCUT2D eigenvalue weighted by Gasteiger charge is -2.18. The molecule has 1 amide bonds. The largest absolute Gasteiger partial charge is 0.465 e. The number of ether oxygens (including phenoxy) is 1. The Labute approximate surface area is 164 Å². The highest BCUT2D eigenvalue weighted by atomic mass is 79.9. The summed E-state index contributed by atoms with van der Waals surface area (Å²) in [5.41, 5.74) is 2.44. The van der Waals surface area contributed by atoms with Crippen molar-refractivity contribution in [3.63, 3.8) is 0 Å². The van der Waals surface area contributed by atoms with Crippen LogP contribution in [0.25, 0.3) is 6.08 Å². The van der Waals surface area contributed by atoms with Crippen molar-refractivity contribution in [3.8, 4) is 0 Å². The molecule has 2 aromatic rings. The molecule has 4 nitrogen and oxygen atoms in total. The summed E-state index contributed by atoms with van der Waals surface area (Å²) in [4.78, 5) is 27.0. The quantitative estimate of drug-likeness (QED) is 0.508. The van der Waals surface area contributed by atoms with Gasteiger partial charge in [0, 0.05) is 15.2 Å². The summed E-state index contributed by atoms with van der Waals surface area (Å²) in [7, 11) is 1.30. The summed E-state index contributed by atoms with van der Waals surface area (Å²) in [5.74, 6) is -0.845. The lowest BCUT2D eigenvalue weighted by molar-refractivity contribution is -0.136. The van der Waals surface area contributed by atoms with Gasteiger partial charge in [0.1, 0.15) is 0 Å². The highest BCUT2D eigenvalue weighted by Gasteiger charge is 2.37. The van der Waals surface area contributed by atoms with Gasteiger partial charge in [0.15, 0.2) is 0 Å². The minimum Gasteiger partial charge on any atom is -0.465 e. The van der Waals surface area contributed by atoms with Crippen LogP contribution in [0.4, 0.5) is 5.69 Å². The monoisotopic (exact) mass is 431 g/mol. The number of halogens is 2. The Bertz CT molecular complexity index is 965. The number of allylic oxidation sites excluding steroid dienone is 1. The summed E-state index contributed by atoms with van der Waals surface area (Å²) in [6.07, 6.45) is 1.65. The zero-order valence-corrected chi connectivity index (χ0v) is 16.5. The second-order valence-electron chi connectivity index (χ2n) is 5.69. The summed E-state index contributed by atoms with van der Waals surface area (Å²) >= 11 is 9.44. The zero-order valence-electron chi connectivity index (χ0n) is 14.1. The van der Waals surface area contributed by atoms with Crippen molar-refractivity contribution in [2.24, 2.45) is 0 Å². The maximum atomic E-state index is 13.1. The second kappa shape index (κ2) is 7.48. The van der Waals surface area contributed by atoms with Crippen LogP contribution in [0.1, 0.15) is 12.5 Å². The first kappa shape index (κ1) is 18.4. The number of rotatable bonds is 3. The third-order valence-corrected chi connectivity index (χ3v) is 4.74. The second-order valence-corrected chi connectivity index (χ2v) is 7.04. The van der Waals surface area contributed by atoms with Gasteiger partial charge < -0.3 is 4.74 Å². The standard InChI is InChI=1S/C20H15BrClNO3/c1-12-18(20(25)26-2)17(10-13-5-3-7-15(22)9-13)19(24)23(12)16-8-4-6-14(21)11-16/h3-11H,1-2H3/b17-10-. The number of carbonyl (C=O) groups is 2. The number of hydrogen-bond acceptors (Lipinski definition) is 3. The Morgan fingerprint density at radius 3 is 2.58 bits per heavy atom. The fourth-order valence-electron chi connectivity index (χ4n) is 2.87. The molecule has 0 N–H and O–H groups in total. The van der Waals surface area contributed by atoms with Gasteiger partial charge in [-0.3, -0.25) is 9.69 Å². The first-order chi connectivity index (χ1) is 12.4. The molecule has 2 aromatic carbocycles. The number of methoxy groups -OCH3 is 1. The molecule has 0 bridgehead atoms. The summed E-state index contributed by atoms with van der Waals surface area (Å²) in [5, 5.41) is 0.550. The van der Waals surface area contributed by atoms with Gasteiger partial charge in [0.05, 0.1) is 23.9 Å². The fraction of sp³-hybridized carbons (Fsp3) is 0.100. The van der Waals surface area contributed by atoms with Gasteiger partial charge in [0.2, 0.25) is 0 Å². The normalized spacial score (nSPS) is 15.8. The van der Waals surface area contributed by atoms with E-state index in [1.165, 1.54) is 12.0 Å². The van der Waals surface area contributed by atoms with Crippen molar-refractivity contribution in [2.45, 2.75) is 6.92 Å². The fourth-order valence-corrected chi connectivity index (χ4v) is 3.46. The topological polar surface area (TPSA) is 46.6 Å². The molecule has 0 unspecified atom stereocenters. The average molecular weight is 433 g/mol. The molecule has 0 saturated heterocycles. The van der Waals surface area contributed by atoms with Crippen molar-refractivity contribution in [3.05, 3.63) is 80.4 Å². The maximum absolute atomic E-state index is 13.1. The number of hydrogen-bond donors (Lipinski definition) is 0. The Hall–Kier alpha value is -2.37. The third-order valence-electron chi connectivity index (χ3n) is 4.02. The smallest absolute Gasteiger partial charge is 0.340 e. The van der Waals surface area contributed by atoms with Gasteiger partial charge in [0.25, 0.3) is 5.91 Å². The van der Waals surface area contributed by atoms with Gasteiger partial charge in [-0.15, -0.1) is 0 Å². The molecule has 0 fully saturated rings. The third kappa shape index (κ3) is 3.45. The summed E-state index contributed by atoms with van der Waals surface area (Å²) < 4.78 is 5.74. The van der Waals surface area contributed by atoms with E-state index in [0.717, 1.165) is 10.0 Å². The highest BCUT2D eigenvalue weighted by Crippen LogP contribution is 2.36. The van der Waals surface area contributed by atoms with E-state index in [4.69, 9.17) is 16.3 Å². The lowest BCUT2D eigenvalue weighted by atomic mass is 10.0. The van der Waals surface area contributed by atoms with Gasteiger partial charge in [-0.2, -0.15) is 0 Å².